The number of hydrogen-bond donors (Lipinski definition) is 1. The Kier molecular flexibility index (Phi) is 5.43. The number of morpholine rings is 1. The minimum atomic E-state index is -0.156. The maximum atomic E-state index is 6.54. The summed E-state index contributed by atoms with van der Waals surface area (Å²) in [5, 5.41) is 10.4. The number of benzene rings is 1. The Hall–Kier alpha value is -3.40. The third kappa shape index (κ3) is 4.18. The molecule has 0 bridgehead atoms. The van der Waals surface area contributed by atoms with Crippen molar-refractivity contribution in [1.29, 1.82) is 0 Å². The van der Waals surface area contributed by atoms with Crippen LogP contribution < -0.4 is 4.90 Å². The van der Waals surface area contributed by atoms with E-state index in [-0.39, 0.29) is 12.2 Å². The topological polar surface area (TPSA) is 89.1 Å². The smallest absolute Gasteiger partial charge is 0.226 e. The number of aromatic nitrogens is 5. The molecule has 0 radical (unpaired) electrons. The molecule has 8 nitrogen and oxygen atoms in total. The molecule has 2 atom stereocenters. The summed E-state index contributed by atoms with van der Waals surface area (Å²) in [6, 6.07) is 12.1. The highest BCUT2D eigenvalue weighted by molar-refractivity contribution is 7.17. The third-order valence-electron chi connectivity index (χ3n) is 5.83. The number of ether oxygens (including phenoxy) is 2. The summed E-state index contributed by atoms with van der Waals surface area (Å²) in [7, 11) is 0. The van der Waals surface area contributed by atoms with Gasteiger partial charge in [-0.3, -0.25) is 10.1 Å². The number of nitrogens with zero attached hydrogens (tertiary/aromatic N) is 5. The maximum Gasteiger partial charge on any atom is 0.226 e. The van der Waals surface area contributed by atoms with E-state index in [1.807, 2.05) is 48.1 Å². The predicted octanol–water partition coefficient (Wildman–Crippen LogP) is 4.13. The Morgan fingerprint density at radius 1 is 1.12 bits per heavy atom. The molecule has 4 aromatic heterocycles. The number of thiophene rings is 1. The van der Waals surface area contributed by atoms with Crippen LogP contribution in [0.5, 0.6) is 0 Å². The zero-order valence-electron chi connectivity index (χ0n) is 17.8. The highest BCUT2D eigenvalue weighted by atomic mass is 32.1. The quantitative estimate of drug-likeness (QED) is 0.409. The fourth-order valence-electron chi connectivity index (χ4n) is 4.23. The van der Waals surface area contributed by atoms with E-state index in [9.17, 15) is 0 Å². The van der Waals surface area contributed by atoms with Crippen LogP contribution in [-0.4, -0.2) is 50.9 Å². The van der Waals surface area contributed by atoms with Gasteiger partial charge in [0, 0.05) is 24.3 Å². The van der Waals surface area contributed by atoms with Crippen LogP contribution >= 0.6 is 11.3 Å². The lowest BCUT2D eigenvalue weighted by Crippen LogP contribution is -2.46. The molecule has 6 rings (SSSR count). The fraction of sp³-hybridized carbons (Fsp3) is 0.250. The van der Waals surface area contributed by atoms with Gasteiger partial charge in [0.2, 0.25) is 5.95 Å². The highest BCUT2D eigenvalue weighted by Gasteiger charge is 2.31. The molecular weight excluding hydrogens is 436 g/mol. The van der Waals surface area contributed by atoms with Crippen LogP contribution in [0.2, 0.25) is 0 Å². The van der Waals surface area contributed by atoms with Crippen LogP contribution in [0.15, 0.2) is 66.6 Å². The van der Waals surface area contributed by atoms with Crippen LogP contribution in [-0.2, 0) is 16.1 Å². The van der Waals surface area contributed by atoms with E-state index in [4.69, 9.17) is 14.5 Å². The molecule has 0 saturated carbocycles. The first-order valence-corrected chi connectivity index (χ1v) is 11.7. The minimum absolute atomic E-state index is 0.130. The van der Waals surface area contributed by atoms with E-state index in [1.54, 1.807) is 23.7 Å². The Balaban J connectivity index is 1.27. The summed E-state index contributed by atoms with van der Waals surface area (Å²) < 4.78 is 13.6. The Morgan fingerprint density at radius 2 is 2.06 bits per heavy atom. The number of aromatic amines is 1. The molecule has 0 spiro atoms. The molecule has 1 aliphatic rings. The summed E-state index contributed by atoms with van der Waals surface area (Å²) in [4.78, 5) is 15.7. The van der Waals surface area contributed by atoms with Crippen molar-refractivity contribution in [3.05, 3.63) is 77.7 Å². The number of hydrogen-bond acceptors (Lipinski definition) is 8. The van der Waals surface area contributed by atoms with E-state index in [0.717, 1.165) is 32.2 Å². The molecule has 1 fully saturated rings. The van der Waals surface area contributed by atoms with E-state index < -0.39 is 0 Å². The molecule has 0 amide bonds. The predicted molar refractivity (Wildman–Crippen MR) is 127 cm³/mol. The van der Waals surface area contributed by atoms with Gasteiger partial charge in [0.15, 0.2) is 0 Å². The second kappa shape index (κ2) is 8.86. The van der Waals surface area contributed by atoms with Gasteiger partial charge in [-0.1, -0.05) is 12.1 Å². The van der Waals surface area contributed by atoms with Crippen LogP contribution in [0.4, 0.5) is 5.95 Å². The molecule has 1 saturated heterocycles. The fourth-order valence-corrected chi connectivity index (χ4v) is 4.92. The van der Waals surface area contributed by atoms with Crippen molar-refractivity contribution in [3.63, 3.8) is 0 Å². The molecule has 5 aromatic rings. The molecule has 5 heterocycles. The first kappa shape index (κ1) is 20.2. The lowest BCUT2D eigenvalue weighted by Gasteiger charge is -2.38. The van der Waals surface area contributed by atoms with Crippen LogP contribution in [0.1, 0.15) is 17.2 Å². The molecule has 1 N–H and O–H groups in total. The number of rotatable bonds is 6. The van der Waals surface area contributed by atoms with E-state index >= 15 is 0 Å². The minimum Gasteiger partial charge on any atom is -0.374 e. The summed E-state index contributed by atoms with van der Waals surface area (Å²) in [6.07, 6.45) is 7.02. The lowest BCUT2D eigenvalue weighted by atomic mass is 10.0. The third-order valence-corrected chi connectivity index (χ3v) is 6.67. The SMILES string of the molecule is c1cc(C2CN(c3ncc4sccc4n3)CC(COCc3ccncc3)O2)c2cn[nH]c2c1. The molecule has 166 valence electrons. The van der Waals surface area contributed by atoms with Crippen LogP contribution in [0.3, 0.4) is 0 Å². The first-order chi connectivity index (χ1) is 16.3. The lowest BCUT2D eigenvalue weighted by molar-refractivity contribution is -0.0716. The summed E-state index contributed by atoms with van der Waals surface area (Å²) in [5.74, 6) is 0.715. The van der Waals surface area contributed by atoms with Gasteiger partial charge >= 0.3 is 0 Å². The van der Waals surface area contributed by atoms with Crippen molar-refractivity contribution in [1.82, 2.24) is 25.1 Å². The molecule has 9 heteroatoms. The van der Waals surface area contributed by atoms with Crippen molar-refractivity contribution >= 4 is 38.4 Å². The van der Waals surface area contributed by atoms with Gasteiger partial charge in [-0.15, -0.1) is 11.3 Å². The van der Waals surface area contributed by atoms with Crippen molar-refractivity contribution in [2.45, 2.75) is 18.8 Å². The highest BCUT2D eigenvalue weighted by Crippen LogP contribution is 2.32. The average Bonchev–Trinajstić information content (AvgIpc) is 3.53. The van der Waals surface area contributed by atoms with Crippen molar-refractivity contribution in [3.8, 4) is 0 Å². The van der Waals surface area contributed by atoms with E-state index in [1.165, 1.54) is 0 Å². The summed E-state index contributed by atoms with van der Waals surface area (Å²) >= 11 is 1.65. The summed E-state index contributed by atoms with van der Waals surface area (Å²) in [5.41, 5.74) is 4.15. The monoisotopic (exact) mass is 458 g/mol. The normalized spacial score (nSPS) is 18.8. The molecular formula is C24H22N6O2S. The Morgan fingerprint density at radius 3 is 3.00 bits per heavy atom. The number of fused-ring (bicyclic) bond motifs is 2. The van der Waals surface area contributed by atoms with E-state index in [2.05, 4.69) is 31.1 Å². The van der Waals surface area contributed by atoms with Gasteiger partial charge in [0.1, 0.15) is 6.10 Å². The van der Waals surface area contributed by atoms with Crippen molar-refractivity contribution in [2.75, 3.05) is 24.6 Å². The van der Waals surface area contributed by atoms with Gasteiger partial charge in [-0.2, -0.15) is 5.10 Å². The van der Waals surface area contributed by atoms with Gasteiger partial charge in [0.25, 0.3) is 0 Å². The zero-order chi connectivity index (χ0) is 22.0. The van der Waals surface area contributed by atoms with Gasteiger partial charge in [0.05, 0.1) is 54.0 Å². The molecule has 2 unspecified atom stereocenters. The molecule has 1 aliphatic heterocycles. The standard InChI is InChI=1S/C24H22N6O2S/c1-2-18(19-10-27-29-20(19)3-1)22-13-30(24-26-11-23-21(28-24)6-9-33-23)12-17(32-22)15-31-14-16-4-7-25-8-5-16/h1-11,17,22H,12-15H2,(H,27,29). The molecule has 1 aromatic carbocycles. The van der Waals surface area contributed by atoms with Crippen LogP contribution in [0.25, 0.3) is 21.1 Å². The average molecular weight is 459 g/mol. The number of nitrogens with one attached hydrogen (secondary N) is 1. The zero-order valence-corrected chi connectivity index (χ0v) is 18.6. The van der Waals surface area contributed by atoms with Crippen LogP contribution in [0, 0.1) is 0 Å². The van der Waals surface area contributed by atoms with Gasteiger partial charge in [-0.05, 0) is 40.8 Å². The number of H-pyrrole nitrogens is 1. The van der Waals surface area contributed by atoms with Gasteiger partial charge < -0.3 is 14.4 Å². The maximum absolute atomic E-state index is 6.54. The van der Waals surface area contributed by atoms with Crippen molar-refractivity contribution < 1.29 is 9.47 Å². The van der Waals surface area contributed by atoms with Gasteiger partial charge in [-0.25, -0.2) is 9.97 Å². The Bertz CT molecular complexity index is 1370. The number of anilines is 1. The first-order valence-electron chi connectivity index (χ1n) is 10.8. The number of pyridine rings is 1. The molecule has 0 aliphatic carbocycles. The van der Waals surface area contributed by atoms with Crippen molar-refractivity contribution in [2.24, 2.45) is 0 Å². The van der Waals surface area contributed by atoms with E-state index in [0.29, 0.717) is 32.3 Å². The molecule has 33 heavy (non-hydrogen) atoms. The largest absolute Gasteiger partial charge is 0.374 e. The summed E-state index contributed by atoms with van der Waals surface area (Å²) in [6.45, 7) is 2.30. The second-order valence-corrected chi connectivity index (χ2v) is 8.99. The second-order valence-electron chi connectivity index (χ2n) is 8.04. The Labute approximate surface area is 194 Å².